The van der Waals surface area contributed by atoms with E-state index >= 15 is 0 Å². The number of hydrogen-bond acceptors (Lipinski definition) is 3. The molecule has 0 spiro atoms. The second kappa shape index (κ2) is 4.60. The third-order valence-corrected chi connectivity index (χ3v) is 6.29. The van der Waals surface area contributed by atoms with Crippen molar-refractivity contribution < 1.29 is 13.5 Å². The summed E-state index contributed by atoms with van der Waals surface area (Å²) < 4.78 is 23.1. The molecule has 4 heteroatoms. The molecule has 1 saturated heterocycles. The van der Waals surface area contributed by atoms with Gasteiger partial charge in [-0.05, 0) is 49.1 Å². The fourth-order valence-corrected chi connectivity index (χ4v) is 5.50. The van der Waals surface area contributed by atoms with Crippen LogP contribution in [0.25, 0.3) is 0 Å². The van der Waals surface area contributed by atoms with Gasteiger partial charge < -0.3 is 5.11 Å². The van der Waals surface area contributed by atoms with Gasteiger partial charge in [0.2, 0.25) is 0 Å². The van der Waals surface area contributed by atoms with Crippen LogP contribution in [0.2, 0.25) is 0 Å². The summed E-state index contributed by atoms with van der Waals surface area (Å²) in [7, 11) is -3.03. The van der Waals surface area contributed by atoms with Crippen molar-refractivity contribution in [1.29, 1.82) is 0 Å². The smallest absolute Gasteiger partial charge is 0.153 e. The fourth-order valence-electron chi connectivity index (χ4n) is 3.59. The lowest BCUT2D eigenvalue weighted by molar-refractivity contribution is 0.0489. The highest BCUT2D eigenvalue weighted by Crippen LogP contribution is 2.40. The first kappa shape index (κ1) is 13.1. The van der Waals surface area contributed by atoms with Crippen LogP contribution in [0.3, 0.4) is 0 Å². The molecule has 2 unspecified atom stereocenters. The molecule has 0 radical (unpaired) electrons. The van der Waals surface area contributed by atoms with Gasteiger partial charge in [0.25, 0.3) is 0 Å². The Bertz CT molecular complexity index is 579. The highest BCUT2D eigenvalue weighted by atomic mass is 32.2. The molecule has 1 N–H and O–H groups in total. The van der Waals surface area contributed by atoms with Crippen LogP contribution in [0.15, 0.2) is 24.3 Å². The number of hydrogen-bond donors (Lipinski definition) is 1. The van der Waals surface area contributed by atoms with Crippen LogP contribution in [0, 0.1) is 0 Å². The summed E-state index contributed by atoms with van der Waals surface area (Å²) in [6.45, 7) is 0. The van der Waals surface area contributed by atoms with E-state index in [1.54, 1.807) is 0 Å². The summed E-state index contributed by atoms with van der Waals surface area (Å²) in [4.78, 5) is 0. The van der Waals surface area contributed by atoms with Gasteiger partial charge in [-0.2, -0.15) is 0 Å². The van der Waals surface area contributed by atoms with Gasteiger partial charge in [0.1, 0.15) is 0 Å². The highest BCUT2D eigenvalue weighted by Gasteiger charge is 2.42. The summed E-state index contributed by atoms with van der Waals surface area (Å²) in [6.07, 6.45) is 4.27. The zero-order valence-corrected chi connectivity index (χ0v) is 11.8. The van der Waals surface area contributed by atoms with E-state index in [9.17, 15) is 13.5 Å². The summed E-state index contributed by atoms with van der Waals surface area (Å²) >= 11 is 0. The lowest BCUT2D eigenvalue weighted by Gasteiger charge is -2.31. The molecule has 1 aliphatic carbocycles. The van der Waals surface area contributed by atoms with Crippen molar-refractivity contribution in [3.8, 4) is 0 Å². The van der Waals surface area contributed by atoms with Crippen LogP contribution < -0.4 is 0 Å². The van der Waals surface area contributed by atoms with Crippen molar-refractivity contribution in [2.24, 2.45) is 0 Å². The van der Waals surface area contributed by atoms with Gasteiger partial charge in [-0.1, -0.05) is 24.3 Å². The molecule has 0 bridgehead atoms. The Morgan fingerprint density at radius 1 is 1.32 bits per heavy atom. The van der Waals surface area contributed by atoms with Gasteiger partial charge in [0.15, 0.2) is 9.84 Å². The number of benzene rings is 1. The average molecular weight is 280 g/mol. The molecule has 1 aromatic rings. The van der Waals surface area contributed by atoms with Crippen molar-refractivity contribution >= 4 is 9.84 Å². The maximum atomic E-state index is 11.6. The Morgan fingerprint density at radius 2 is 2.11 bits per heavy atom. The maximum absolute atomic E-state index is 11.6. The summed E-state index contributed by atoms with van der Waals surface area (Å²) in [5.41, 5.74) is 1.67. The Labute approximate surface area is 114 Å². The largest absolute Gasteiger partial charge is 0.389 e. The van der Waals surface area contributed by atoms with Gasteiger partial charge in [-0.15, -0.1) is 0 Å². The molecule has 0 amide bonds. The third-order valence-electron chi connectivity index (χ3n) is 4.49. The molecule has 1 fully saturated rings. The molecule has 1 heterocycles. The van der Waals surface area contributed by atoms with E-state index in [-0.39, 0.29) is 11.5 Å². The van der Waals surface area contributed by atoms with E-state index in [1.165, 1.54) is 11.1 Å². The van der Waals surface area contributed by atoms with Gasteiger partial charge in [0, 0.05) is 0 Å². The van der Waals surface area contributed by atoms with E-state index < -0.39 is 15.4 Å². The number of sulfone groups is 1. The second-order valence-corrected chi connectivity index (χ2v) is 8.24. The van der Waals surface area contributed by atoms with Crippen LogP contribution in [0.5, 0.6) is 0 Å². The predicted molar refractivity (Wildman–Crippen MR) is 75.0 cm³/mol. The molecule has 3 rings (SSSR count). The first-order valence-electron chi connectivity index (χ1n) is 6.98. The van der Waals surface area contributed by atoms with Crippen molar-refractivity contribution in [1.82, 2.24) is 0 Å². The summed E-state index contributed by atoms with van der Waals surface area (Å²) in [5.74, 6) is 0.388. The van der Waals surface area contributed by atoms with E-state index in [4.69, 9.17) is 0 Å². The Balaban J connectivity index is 1.82. The SMILES string of the molecule is O=S1(=O)CCC(O)(CC2CCCc3ccccc32)C1. The number of rotatable bonds is 2. The highest BCUT2D eigenvalue weighted by molar-refractivity contribution is 7.91. The van der Waals surface area contributed by atoms with Crippen molar-refractivity contribution in [3.63, 3.8) is 0 Å². The standard InChI is InChI=1S/C15H20O3S/c16-15(8-9-19(17,18)11-15)10-13-6-3-5-12-4-1-2-7-14(12)13/h1-2,4,7,13,16H,3,5-6,8-11H2. The van der Waals surface area contributed by atoms with Crippen LogP contribution in [-0.4, -0.2) is 30.6 Å². The average Bonchev–Trinajstić information content (AvgIpc) is 2.64. The molecule has 104 valence electrons. The molecule has 1 aromatic carbocycles. The zero-order chi connectivity index (χ0) is 13.5. The van der Waals surface area contributed by atoms with Crippen molar-refractivity contribution in [3.05, 3.63) is 35.4 Å². The van der Waals surface area contributed by atoms with Gasteiger partial charge in [0.05, 0.1) is 17.1 Å². The Hall–Kier alpha value is -0.870. The van der Waals surface area contributed by atoms with Gasteiger partial charge >= 0.3 is 0 Å². The molecule has 1 aliphatic heterocycles. The van der Waals surface area contributed by atoms with Gasteiger partial charge in [-0.25, -0.2) is 8.42 Å². The molecular weight excluding hydrogens is 260 g/mol. The topological polar surface area (TPSA) is 54.4 Å². The van der Waals surface area contributed by atoms with Gasteiger partial charge in [-0.3, -0.25) is 0 Å². The van der Waals surface area contributed by atoms with Crippen LogP contribution in [0.4, 0.5) is 0 Å². The maximum Gasteiger partial charge on any atom is 0.153 e. The Kier molecular flexibility index (Phi) is 3.18. The van der Waals surface area contributed by atoms with E-state index in [2.05, 4.69) is 18.2 Å². The molecule has 3 nitrogen and oxygen atoms in total. The minimum atomic E-state index is -3.03. The number of fused-ring (bicyclic) bond motifs is 1. The predicted octanol–water partition coefficient (Wildman–Crippen LogP) is 2.05. The van der Waals surface area contributed by atoms with Crippen LogP contribution >= 0.6 is 0 Å². The first-order valence-corrected chi connectivity index (χ1v) is 8.80. The van der Waals surface area contributed by atoms with E-state index in [1.807, 2.05) is 6.07 Å². The lowest BCUT2D eigenvalue weighted by Crippen LogP contribution is -2.33. The summed E-state index contributed by atoms with van der Waals surface area (Å²) in [5, 5.41) is 10.5. The zero-order valence-electron chi connectivity index (χ0n) is 11.0. The molecule has 2 aliphatic rings. The normalized spacial score (nSPS) is 33.0. The summed E-state index contributed by atoms with van der Waals surface area (Å²) in [6, 6.07) is 8.37. The fraction of sp³-hybridized carbons (Fsp3) is 0.600. The van der Waals surface area contributed by atoms with Crippen molar-refractivity contribution in [2.75, 3.05) is 11.5 Å². The van der Waals surface area contributed by atoms with Crippen LogP contribution in [-0.2, 0) is 16.3 Å². The van der Waals surface area contributed by atoms with E-state index in [0.717, 1.165) is 19.3 Å². The third kappa shape index (κ3) is 2.70. The monoisotopic (exact) mass is 280 g/mol. The quantitative estimate of drug-likeness (QED) is 0.902. The molecule has 19 heavy (non-hydrogen) atoms. The van der Waals surface area contributed by atoms with E-state index in [0.29, 0.717) is 18.8 Å². The van der Waals surface area contributed by atoms with Crippen LogP contribution in [0.1, 0.15) is 42.7 Å². The minimum absolute atomic E-state index is 0.0569. The second-order valence-electron chi connectivity index (χ2n) is 6.06. The molecular formula is C15H20O3S. The lowest BCUT2D eigenvalue weighted by atomic mass is 9.77. The Morgan fingerprint density at radius 3 is 2.84 bits per heavy atom. The number of aryl methyl sites for hydroxylation is 1. The number of aliphatic hydroxyl groups is 1. The molecule has 2 atom stereocenters. The molecule has 0 saturated carbocycles. The first-order chi connectivity index (χ1) is 8.98. The molecule has 0 aromatic heterocycles. The van der Waals surface area contributed by atoms with Crippen molar-refractivity contribution in [2.45, 2.75) is 43.6 Å². The minimum Gasteiger partial charge on any atom is -0.389 e.